The number of nitrogens with one attached hydrogen (secondary N) is 2. The third kappa shape index (κ3) is 7.11. The van der Waals surface area contributed by atoms with Crippen LogP contribution >= 0.6 is 0 Å². The molecule has 0 aliphatic heterocycles. The minimum atomic E-state index is -0.606. The van der Waals surface area contributed by atoms with Crippen molar-refractivity contribution in [2.75, 3.05) is 13.7 Å². The van der Waals surface area contributed by atoms with E-state index in [1.807, 2.05) is 30.3 Å². The number of hydrogen-bond acceptors (Lipinski definition) is 5. The summed E-state index contributed by atoms with van der Waals surface area (Å²) in [6, 6.07) is 14.3. The zero-order chi connectivity index (χ0) is 22.9. The van der Waals surface area contributed by atoms with Gasteiger partial charge < -0.3 is 20.1 Å². The Morgan fingerprint density at radius 3 is 2.47 bits per heavy atom. The van der Waals surface area contributed by atoms with Gasteiger partial charge >= 0.3 is 0 Å². The summed E-state index contributed by atoms with van der Waals surface area (Å²) in [6.07, 6.45) is 3.14. The number of Topliss-reactive ketones (excluding diaryl/α,β-unsaturated/α-hetero) is 1. The fourth-order valence-corrected chi connectivity index (χ4v) is 3.28. The lowest BCUT2D eigenvalue weighted by molar-refractivity contribution is -0.129. The van der Waals surface area contributed by atoms with Gasteiger partial charge in [0, 0.05) is 24.4 Å². The Labute approximate surface area is 188 Å². The first kappa shape index (κ1) is 23.3. The number of ether oxygens (including phenoxy) is 2. The summed E-state index contributed by atoms with van der Waals surface area (Å²) in [5.41, 5.74) is 1.54. The van der Waals surface area contributed by atoms with E-state index in [-0.39, 0.29) is 30.1 Å². The Morgan fingerprint density at radius 2 is 1.81 bits per heavy atom. The molecule has 32 heavy (non-hydrogen) atoms. The smallest absolute Gasteiger partial charge is 0.243 e. The molecule has 2 amide bonds. The lowest BCUT2D eigenvalue weighted by Gasteiger charge is -2.19. The van der Waals surface area contributed by atoms with Crippen LogP contribution in [0.5, 0.6) is 11.5 Å². The van der Waals surface area contributed by atoms with E-state index >= 15 is 0 Å². The van der Waals surface area contributed by atoms with Gasteiger partial charge in [-0.15, -0.1) is 0 Å². The van der Waals surface area contributed by atoms with Gasteiger partial charge in [-0.25, -0.2) is 0 Å². The fraction of sp³-hybridized carbons (Fsp3) is 0.400. The molecule has 3 rings (SSSR count). The minimum absolute atomic E-state index is 0.0534. The summed E-state index contributed by atoms with van der Waals surface area (Å²) in [5, 5.41) is 5.85. The number of hydrogen-bond donors (Lipinski definition) is 2. The second-order valence-electron chi connectivity index (χ2n) is 7.97. The summed E-state index contributed by atoms with van der Waals surface area (Å²) in [6.45, 7) is 1.80. The van der Waals surface area contributed by atoms with Crippen molar-refractivity contribution in [3.05, 3.63) is 59.7 Å². The van der Waals surface area contributed by atoms with Gasteiger partial charge in [0.1, 0.15) is 6.04 Å². The SMILES string of the molecule is COc1cc(C(C)=O)ccc1OCCCC(=O)NC(Cc1ccccc1)C(=O)NC1CC1. The monoisotopic (exact) mass is 438 g/mol. The van der Waals surface area contributed by atoms with Gasteiger partial charge in [0.05, 0.1) is 13.7 Å². The molecule has 0 spiro atoms. The molecular weight excluding hydrogens is 408 g/mol. The summed E-state index contributed by atoms with van der Waals surface area (Å²) in [4.78, 5) is 36.6. The van der Waals surface area contributed by atoms with Crippen LogP contribution in [0.25, 0.3) is 0 Å². The number of benzene rings is 2. The number of methoxy groups -OCH3 is 1. The van der Waals surface area contributed by atoms with E-state index in [1.54, 1.807) is 18.2 Å². The van der Waals surface area contributed by atoms with Crippen LogP contribution in [0.1, 0.15) is 48.5 Å². The fourth-order valence-electron chi connectivity index (χ4n) is 3.28. The van der Waals surface area contributed by atoms with Crippen molar-refractivity contribution >= 4 is 17.6 Å². The van der Waals surface area contributed by atoms with Crippen LogP contribution in [-0.4, -0.2) is 43.4 Å². The molecule has 170 valence electrons. The molecule has 2 aromatic carbocycles. The van der Waals surface area contributed by atoms with Crippen LogP contribution in [-0.2, 0) is 16.0 Å². The number of carbonyl (C=O) groups is 3. The van der Waals surface area contributed by atoms with Crippen molar-refractivity contribution in [2.45, 2.75) is 51.1 Å². The van der Waals surface area contributed by atoms with Crippen molar-refractivity contribution < 1.29 is 23.9 Å². The van der Waals surface area contributed by atoms with Gasteiger partial charge in [-0.2, -0.15) is 0 Å². The number of amides is 2. The van der Waals surface area contributed by atoms with Crippen molar-refractivity contribution in [1.29, 1.82) is 0 Å². The van der Waals surface area contributed by atoms with E-state index in [2.05, 4.69) is 10.6 Å². The van der Waals surface area contributed by atoms with Gasteiger partial charge in [0.15, 0.2) is 17.3 Å². The molecule has 1 aliphatic rings. The highest BCUT2D eigenvalue weighted by molar-refractivity contribution is 5.94. The Morgan fingerprint density at radius 1 is 1.06 bits per heavy atom. The highest BCUT2D eigenvalue weighted by Gasteiger charge is 2.28. The first-order valence-electron chi connectivity index (χ1n) is 10.9. The zero-order valence-electron chi connectivity index (χ0n) is 18.6. The van der Waals surface area contributed by atoms with Gasteiger partial charge in [-0.05, 0) is 49.9 Å². The van der Waals surface area contributed by atoms with Crippen LogP contribution in [0.3, 0.4) is 0 Å². The second-order valence-corrected chi connectivity index (χ2v) is 7.97. The summed E-state index contributed by atoms with van der Waals surface area (Å²) in [5.74, 6) is 0.600. The Hall–Kier alpha value is -3.35. The third-order valence-electron chi connectivity index (χ3n) is 5.23. The van der Waals surface area contributed by atoms with Crippen molar-refractivity contribution in [3.63, 3.8) is 0 Å². The normalized spacial score (nSPS) is 13.7. The third-order valence-corrected chi connectivity index (χ3v) is 5.23. The molecule has 1 fully saturated rings. The average molecular weight is 439 g/mol. The minimum Gasteiger partial charge on any atom is -0.493 e. The predicted octanol–water partition coefficient (Wildman–Crippen LogP) is 3.06. The van der Waals surface area contributed by atoms with Crippen molar-refractivity contribution in [1.82, 2.24) is 10.6 Å². The van der Waals surface area contributed by atoms with Crippen LogP contribution in [0.15, 0.2) is 48.5 Å². The van der Waals surface area contributed by atoms with Gasteiger partial charge in [0.2, 0.25) is 11.8 Å². The lowest BCUT2D eigenvalue weighted by Crippen LogP contribution is -2.48. The molecule has 1 atom stereocenters. The molecule has 1 unspecified atom stereocenters. The molecule has 7 heteroatoms. The van der Waals surface area contributed by atoms with E-state index in [1.165, 1.54) is 14.0 Å². The predicted molar refractivity (Wildman–Crippen MR) is 121 cm³/mol. The molecule has 1 aliphatic carbocycles. The first-order valence-corrected chi connectivity index (χ1v) is 10.9. The van der Waals surface area contributed by atoms with E-state index in [9.17, 15) is 14.4 Å². The zero-order valence-corrected chi connectivity index (χ0v) is 18.6. The molecule has 1 saturated carbocycles. The largest absolute Gasteiger partial charge is 0.493 e. The Kier molecular flexibility index (Phi) is 8.25. The maximum absolute atomic E-state index is 12.6. The lowest BCUT2D eigenvalue weighted by atomic mass is 10.0. The van der Waals surface area contributed by atoms with Gasteiger partial charge in [0.25, 0.3) is 0 Å². The van der Waals surface area contributed by atoms with E-state index in [0.29, 0.717) is 36.5 Å². The quantitative estimate of drug-likeness (QED) is 0.392. The maximum atomic E-state index is 12.6. The van der Waals surface area contributed by atoms with E-state index < -0.39 is 6.04 Å². The van der Waals surface area contributed by atoms with Crippen molar-refractivity contribution in [3.8, 4) is 11.5 Å². The molecule has 2 N–H and O–H groups in total. The number of carbonyl (C=O) groups excluding carboxylic acids is 3. The van der Waals surface area contributed by atoms with E-state index in [4.69, 9.17) is 9.47 Å². The van der Waals surface area contributed by atoms with Gasteiger partial charge in [-0.3, -0.25) is 14.4 Å². The molecule has 7 nitrogen and oxygen atoms in total. The maximum Gasteiger partial charge on any atom is 0.243 e. The number of ketones is 1. The summed E-state index contributed by atoms with van der Waals surface area (Å²) < 4.78 is 11.0. The molecule has 2 aromatic rings. The highest BCUT2D eigenvalue weighted by atomic mass is 16.5. The standard InChI is InChI=1S/C25H30N2O5/c1-17(28)19-10-13-22(23(16-19)31-2)32-14-6-9-24(29)27-21(25(30)26-20-11-12-20)15-18-7-4-3-5-8-18/h3-5,7-8,10,13,16,20-21H,6,9,11-12,14-15H2,1-2H3,(H,26,30)(H,27,29). The molecule has 0 aromatic heterocycles. The van der Waals surface area contributed by atoms with E-state index in [0.717, 1.165) is 18.4 Å². The van der Waals surface area contributed by atoms with Crippen LogP contribution in [0, 0.1) is 0 Å². The van der Waals surface area contributed by atoms with Crippen LogP contribution in [0.4, 0.5) is 0 Å². The topological polar surface area (TPSA) is 93.7 Å². The molecular formula is C25H30N2O5. The molecule has 0 bridgehead atoms. The summed E-state index contributed by atoms with van der Waals surface area (Å²) >= 11 is 0. The molecule has 0 heterocycles. The molecule has 0 saturated heterocycles. The second kappa shape index (κ2) is 11.3. The van der Waals surface area contributed by atoms with Gasteiger partial charge in [-0.1, -0.05) is 30.3 Å². The van der Waals surface area contributed by atoms with Crippen LogP contribution in [0.2, 0.25) is 0 Å². The Balaban J connectivity index is 1.49. The average Bonchev–Trinajstić information content (AvgIpc) is 3.60. The highest BCUT2D eigenvalue weighted by Crippen LogP contribution is 2.28. The van der Waals surface area contributed by atoms with Crippen molar-refractivity contribution in [2.24, 2.45) is 0 Å². The number of rotatable bonds is 12. The molecule has 0 radical (unpaired) electrons. The first-order chi connectivity index (χ1) is 15.5. The van der Waals surface area contributed by atoms with Crippen LogP contribution < -0.4 is 20.1 Å². The summed E-state index contributed by atoms with van der Waals surface area (Å²) in [7, 11) is 1.51. The Bertz CT molecular complexity index is 941.